The quantitative estimate of drug-likeness (QED) is 0.353. The van der Waals surface area contributed by atoms with Crippen molar-refractivity contribution in [3.05, 3.63) is 82.3 Å². The minimum absolute atomic E-state index is 0.210. The fraction of sp³-hybridized carbons (Fsp3) is 0.280. The molecule has 0 spiro atoms. The monoisotopic (exact) mass is 505 g/mol. The number of H-pyrrole nitrogens is 1. The van der Waals surface area contributed by atoms with Gasteiger partial charge >= 0.3 is 213 Å². The van der Waals surface area contributed by atoms with E-state index < -0.39 is 12.7 Å². The van der Waals surface area contributed by atoms with Crippen molar-refractivity contribution in [2.45, 2.75) is 31.5 Å². The second kappa shape index (κ2) is 10.7. The molecule has 3 heterocycles. The number of aryl methyl sites for hydroxylation is 2. The zero-order valence-electron chi connectivity index (χ0n) is 19.6. The molecule has 0 saturated heterocycles. The normalized spacial score (nSPS) is 16.3. The predicted octanol–water partition coefficient (Wildman–Crippen LogP) is 3.64. The number of aliphatic hydroxyl groups is 2. The van der Waals surface area contributed by atoms with Crippen LogP contribution in [0.15, 0.2) is 59.9 Å². The fourth-order valence-corrected chi connectivity index (χ4v) is 4.31. The molecule has 0 radical (unpaired) electrons. The van der Waals surface area contributed by atoms with Crippen LogP contribution in [0.3, 0.4) is 0 Å². The first-order valence-electron chi connectivity index (χ1n) is 11.6. The van der Waals surface area contributed by atoms with Gasteiger partial charge < -0.3 is 0 Å². The van der Waals surface area contributed by atoms with E-state index in [2.05, 4.69) is 19.9 Å². The summed E-state index contributed by atoms with van der Waals surface area (Å²) in [5, 5.41) is 19.8. The summed E-state index contributed by atoms with van der Waals surface area (Å²) in [5.74, 6) is 1.72. The van der Waals surface area contributed by atoms with E-state index in [-0.39, 0.29) is 6.10 Å². The molecule has 0 amide bonds. The van der Waals surface area contributed by atoms with E-state index in [0.29, 0.717) is 39.3 Å². The van der Waals surface area contributed by atoms with Gasteiger partial charge in [-0.15, -0.1) is 0 Å². The summed E-state index contributed by atoms with van der Waals surface area (Å²) in [6.07, 6.45) is 4.80. The van der Waals surface area contributed by atoms with Crippen LogP contribution in [0.4, 0.5) is 5.82 Å². The number of ether oxygens (including phenoxy) is 2. The number of benzene rings is 1. The van der Waals surface area contributed by atoms with E-state index >= 15 is 0 Å². The molecule has 0 fully saturated rings. The molecular formula is C25H25BClN5O4. The summed E-state index contributed by atoms with van der Waals surface area (Å²) in [6, 6.07) is 12.9. The Bertz CT molecular complexity index is 1440. The van der Waals surface area contributed by atoms with E-state index in [4.69, 9.17) is 21.1 Å². The van der Waals surface area contributed by atoms with Crippen LogP contribution >= 0.6 is 11.6 Å². The summed E-state index contributed by atoms with van der Waals surface area (Å²) in [5.41, 5.74) is 2.94. The number of pyridine rings is 2. The van der Waals surface area contributed by atoms with E-state index in [1.54, 1.807) is 49.2 Å². The minimum atomic E-state index is -1.04. The van der Waals surface area contributed by atoms with Crippen LogP contribution < -0.4 is 15.1 Å². The van der Waals surface area contributed by atoms with E-state index in [1.165, 1.54) is 0 Å². The maximum absolute atomic E-state index is 9.99. The van der Waals surface area contributed by atoms with Crippen molar-refractivity contribution in [2.75, 3.05) is 6.61 Å². The second-order valence-electron chi connectivity index (χ2n) is 8.52. The number of rotatable bonds is 7. The topological polar surface area (TPSA) is 118 Å². The molecule has 11 heteroatoms. The van der Waals surface area contributed by atoms with Gasteiger partial charge in [-0.2, -0.15) is 0 Å². The average molecular weight is 506 g/mol. The summed E-state index contributed by atoms with van der Waals surface area (Å²) in [7, 11) is 3.44. The van der Waals surface area contributed by atoms with Gasteiger partial charge in [0.05, 0.1) is 0 Å². The van der Waals surface area contributed by atoms with Gasteiger partial charge in [0.1, 0.15) is 0 Å². The molecule has 2 unspecified atom stereocenters. The van der Waals surface area contributed by atoms with E-state index in [9.17, 15) is 10.2 Å². The van der Waals surface area contributed by atoms with Crippen molar-refractivity contribution >= 4 is 24.5 Å². The predicted molar refractivity (Wildman–Crippen MR) is 135 cm³/mol. The molecule has 1 aliphatic carbocycles. The first kappa shape index (κ1) is 24.2. The van der Waals surface area contributed by atoms with Crippen LogP contribution in [0, 0.1) is 0 Å². The van der Waals surface area contributed by atoms with Crippen molar-refractivity contribution in [3.8, 4) is 17.2 Å². The number of nitrogens with zero attached hydrogens (tertiary/aromatic N) is 4. The Balaban J connectivity index is 1.55. The van der Waals surface area contributed by atoms with Crippen LogP contribution in [0.25, 0.3) is 0 Å². The first-order valence-corrected chi connectivity index (χ1v) is 12.0. The standard InChI is InChI=1S/C25H25BClN5O4/c1-32-25(30-23(26-32)19(34)14-33)31-24-22(36-20-10-4-8-18-16(20)6-5-11-28-18)12-15(13-29-24)35-21-9-3-2-7-17(21)27/h2-3,5-7,9,11-13,19-20,33-34H,4,8,10,14H2,1H3,(H,29,30,31). The Kier molecular flexibility index (Phi) is 7.17. The molecule has 4 aromatic rings. The molecule has 2 atom stereocenters. The third-order valence-electron chi connectivity index (χ3n) is 5.96. The summed E-state index contributed by atoms with van der Waals surface area (Å²) >= 11 is 6.27. The van der Waals surface area contributed by atoms with Crippen molar-refractivity contribution < 1.29 is 19.7 Å². The van der Waals surface area contributed by atoms with Crippen LogP contribution in [-0.2, 0) is 13.5 Å². The first-order chi connectivity index (χ1) is 17.5. The Morgan fingerprint density at radius 2 is 2.11 bits per heavy atom. The molecular weight excluding hydrogens is 481 g/mol. The molecule has 9 nitrogen and oxygen atoms in total. The summed E-state index contributed by atoms with van der Waals surface area (Å²) in [6.45, 7) is -0.407. The molecule has 0 bridgehead atoms. The van der Waals surface area contributed by atoms with Gasteiger partial charge in [-0.3, -0.25) is 0 Å². The SMILES string of the molecule is Cn1bc(C(O)CO)[nH]/c1=N/c1ncc(Oc2ccccc2Cl)cc1OC1CCCc2ncccc21. The van der Waals surface area contributed by atoms with Crippen molar-refractivity contribution in [1.82, 2.24) is 19.4 Å². The van der Waals surface area contributed by atoms with Crippen LogP contribution in [0.2, 0.25) is 5.02 Å². The fourth-order valence-electron chi connectivity index (χ4n) is 4.13. The van der Waals surface area contributed by atoms with Gasteiger partial charge in [0, 0.05) is 0 Å². The van der Waals surface area contributed by atoms with Crippen molar-refractivity contribution in [3.63, 3.8) is 0 Å². The molecule has 36 heavy (non-hydrogen) atoms. The number of aromatic amines is 1. The van der Waals surface area contributed by atoms with Crippen LogP contribution in [-0.4, -0.2) is 43.3 Å². The molecule has 184 valence electrons. The Labute approximate surface area is 213 Å². The molecule has 5 rings (SSSR count). The van der Waals surface area contributed by atoms with Crippen molar-refractivity contribution in [2.24, 2.45) is 12.0 Å². The zero-order valence-corrected chi connectivity index (χ0v) is 20.4. The van der Waals surface area contributed by atoms with Gasteiger partial charge in [-0.05, 0) is 0 Å². The van der Waals surface area contributed by atoms with Crippen LogP contribution in [0.1, 0.15) is 41.9 Å². The molecule has 3 N–H and O–H groups in total. The molecule has 0 aliphatic heterocycles. The summed E-state index contributed by atoms with van der Waals surface area (Å²) < 4.78 is 14.2. The van der Waals surface area contributed by atoms with Gasteiger partial charge in [-0.25, -0.2) is 0 Å². The number of halogens is 1. The maximum atomic E-state index is 9.99. The summed E-state index contributed by atoms with van der Waals surface area (Å²) in [4.78, 5) is 16.7. The molecule has 1 aromatic carbocycles. The van der Waals surface area contributed by atoms with Gasteiger partial charge in [0.2, 0.25) is 0 Å². The molecule has 0 saturated carbocycles. The second-order valence-corrected chi connectivity index (χ2v) is 8.92. The number of aliphatic hydroxyl groups excluding tert-OH is 2. The van der Waals surface area contributed by atoms with E-state index in [1.807, 2.05) is 24.3 Å². The van der Waals surface area contributed by atoms with Crippen molar-refractivity contribution in [1.29, 1.82) is 0 Å². The van der Waals surface area contributed by atoms with Gasteiger partial charge in [-0.1, -0.05) is 0 Å². The molecule has 1 aliphatic rings. The Morgan fingerprint density at radius 1 is 1.25 bits per heavy atom. The number of hydrogen-bond donors (Lipinski definition) is 3. The molecule has 3 aromatic heterocycles. The number of hydrogen-bond acceptors (Lipinski definition) is 7. The van der Waals surface area contributed by atoms with E-state index in [0.717, 1.165) is 30.5 Å². The number of fused-ring (bicyclic) bond motifs is 1. The third kappa shape index (κ3) is 5.21. The third-order valence-corrected chi connectivity index (χ3v) is 6.27. The number of para-hydroxylation sites is 1. The number of nitrogens with one attached hydrogen (secondary N) is 1. The van der Waals surface area contributed by atoms with Crippen LogP contribution in [0.5, 0.6) is 17.2 Å². The number of aromatic nitrogens is 4. The Morgan fingerprint density at radius 3 is 2.94 bits per heavy atom. The average Bonchev–Trinajstić information content (AvgIpc) is 3.26. The van der Waals surface area contributed by atoms with Gasteiger partial charge in [0.15, 0.2) is 0 Å². The Hall–Kier alpha value is -3.47. The zero-order chi connectivity index (χ0) is 25.1. The van der Waals surface area contributed by atoms with Gasteiger partial charge in [0.25, 0.3) is 0 Å².